The number of nitrogens with zero attached hydrogens (tertiary/aromatic N) is 4. The number of hydrogen-bond donors (Lipinski definition) is 2. The number of carbonyl (C=O) groups is 2. The third-order valence-electron chi connectivity index (χ3n) is 9.56. The zero-order chi connectivity index (χ0) is 32.8. The van der Waals surface area contributed by atoms with Crippen molar-refractivity contribution in [2.45, 2.75) is 82.4 Å². The molecule has 2 aliphatic heterocycles. The molecule has 2 N–H and O–H groups in total. The van der Waals surface area contributed by atoms with Crippen LogP contribution in [0.15, 0.2) is 42.7 Å². The SMILES string of the molecule is CS(=O)(=O)CCCOc1cccc2c1ccn2-c1ccnc(NC2CCC(CC(=O)N3CCC(OC(=O)[C@@H]4CCCN4)CC3)CC2)n1. The van der Waals surface area contributed by atoms with Crippen molar-refractivity contribution in [1.29, 1.82) is 0 Å². The number of anilines is 1. The molecule has 3 aromatic rings. The van der Waals surface area contributed by atoms with Crippen molar-refractivity contribution in [2.24, 2.45) is 5.92 Å². The Balaban J connectivity index is 0.958. The van der Waals surface area contributed by atoms with Crippen molar-refractivity contribution < 1.29 is 27.5 Å². The number of amides is 1. The van der Waals surface area contributed by atoms with Gasteiger partial charge in [0, 0.05) is 62.4 Å². The van der Waals surface area contributed by atoms with Crippen LogP contribution >= 0.6 is 0 Å². The molecule has 3 aliphatic rings. The fourth-order valence-corrected chi connectivity index (χ4v) is 7.59. The lowest BCUT2D eigenvalue weighted by atomic mass is 9.83. The predicted octanol–water partition coefficient (Wildman–Crippen LogP) is 3.88. The second-order valence-corrected chi connectivity index (χ2v) is 15.4. The molecule has 0 bridgehead atoms. The molecule has 0 unspecified atom stereocenters. The molecule has 2 saturated heterocycles. The van der Waals surface area contributed by atoms with Crippen molar-refractivity contribution in [2.75, 3.05) is 43.6 Å². The highest BCUT2D eigenvalue weighted by atomic mass is 32.2. The lowest BCUT2D eigenvalue weighted by Crippen LogP contribution is -2.43. The van der Waals surface area contributed by atoms with E-state index in [1.54, 1.807) is 6.20 Å². The highest BCUT2D eigenvalue weighted by molar-refractivity contribution is 7.90. The summed E-state index contributed by atoms with van der Waals surface area (Å²) in [6.45, 7) is 2.49. The largest absolute Gasteiger partial charge is 0.493 e. The number of likely N-dealkylation sites (tertiary alicyclic amines) is 1. The molecule has 254 valence electrons. The van der Waals surface area contributed by atoms with Gasteiger partial charge in [-0.15, -0.1) is 0 Å². The van der Waals surface area contributed by atoms with Gasteiger partial charge in [0.1, 0.15) is 33.6 Å². The first kappa shape index (κ1) is 33.2. The summed E-state index contributed by atoms with van der Waals surface area (Å²) in [6, 6.07) is 9.73. The van der Waals surface area contributed by atoms with Crippen LogP contribution in [0.3, 0.4) is 0 Å². The molecule has 47 heavy (non-hydrogen) atoms. The summed E-state index contributed by atoms with van der Waals surface area (Å²) in [5, 5.41) is 7.64. The number of sulfone groups is 1. The van der Waals surface area contributed by atoms with Crippen LogP contribution in [0.4, 0.5) is 5.95 Å². The minimum absolute atomic E-state index is 0.0934. The van der Waals surface area contributed by atoms with Crippen LogP contribution in [0.5, 0.6) is 5.75 Å². The summed E-state index contributed by atoms with van der Waals surface area (Å²) in [6.07, 6.45) is 13.0. The Morgan fingerprint density at radius 2 is 1.85 bits per heavy atom. The molecule has 1 amide bonds. The van der Waals surface area contributed by atoms with E-state index in [1.807, 2.05) is 46.0 Å². The second kappa shape index (κ2) is 15.0. The van der Waals surface area contributed by atoms with Crippen LogP contribution in [0.2, 0.25) is 0 Å². The van der Waals surface area contributed by atoms with E-state index in [-0.39, 0.29) is 35.8 Å². The number of carbonyl (C=O) groups excluding carboxylic acids is 2. The first-order chi connectivity index (χ1) is 22.7. The first-order valence-electron chi connectivity index (χ1n) is 16.9. The smallest absolute Gasteiger partial charge is 0.323 e. The van der Waals surface area contributed by atoms with Gasteiger partial charge < -0.3 is 29.6 Å². The van der Waals surface area contributed by atoms with Gasteiger partial charge in [-0.3, -0.25) is 9.59 Å². The van der Waals surface area contributed by atoms with E-state index in [1.165, 1.54) is 6.26 Å². The molecule has 1 atom stereocenters. The maximum atomic E-state index is 13.1. The molecule has 13 heteroatoms. The van der Waals surface area contributed by atoms with Crippen LogP contribution < -0.4 is 15.4 Å². The summed E-state index contributed by atoms with van der Waals surface area (Å²) in [5.74, 6) is 2.55. The molecule has 12 nitrogen and oxygen atoms in total. The third kappa shape index (κ3) is 8.81. The van der Waals surface area contributed by atoms with E-state index in [9.17, 15) is 18.0 Å². The predicted molar refractivity (Wildman–Crippen MR) is 179 cm³/mol. The highest BCUT2D eigenvalue weighted by Gasteiger charge is 2.31. The van der Waals surface area contributed by atoms with E-state index in [0.717, 1.165) is 61.8 Å². The molecular formula is C34H46N6O6S. The molecular weight excluding hydrogens is 620 g/mol. The lowest BCUT2D eigenvalue weighted by molar-refractivity contribution is -0.154. The molecule has 0 spiro atoms. The fraction of sp³-hybridized carbons (Fsp3) is 0.588. The fourth-order valence-electron chi connectivity index (χ4n) is 6.95. The van der Waals surface area contributed by atoms with Gasteiger partial charge in [-0.25, -0.2) is 13.4 Å². The van der Waals surface area contributed by atoms with Crippen LogP contribution in [0.1, 0.15) is 64.2 Å². The number of esters is 1. The quantitative estimate of drug-likeness (QED) is 0.216. The highest BCUT2D eigenvalue weighted by Crippen LogP contribution is 2.31. The van der Waals surface area contributed by atoms with Crippen molar-refractivity contribution in [3.05, 3.63) is 42.7 Å². The van der Waals surface area contributed by atoms with Crippen LogP contribution in [0, 0.1) is 5.92 Å². The van der Waals surface area contributed by atoms with Gasteiger partial charge in [0.2, 0.25) is 11.9 Å². The van der Waals surface area contributed by atoms with Crippen molar-refractivity contribution in [3.63, 3.8) is 0 Å². The number of rotatable bonds is 12. The van der Waals surface area contributed by atoms with Crippen molar-refractivity contribution in [1.82, 2.24) is 24.8 Å². The Morgan fingerprint density at radius 3 is 2.60 bits per heavy atom. The number of hydrogen-bond acceptors (Lipinski definition) is 10. The topological polar surface area (TPSA) is 145 Å². The molecule has 1 aromatic carbocycles. The van der Waals surface area contributed by atoms with Gasteiger partial charge in [0.15, 0.2) is 0 Å². The molecule has 1 aliphatic carbocycles. The second-order valence-electron chi connectivity index (χ2n) is 13.2. The molecule has 0 radical (unpaired) electrons. The van der Waals surface area contributed by atoms with Crippen LogP contribution in [-0.2, 0) is 24.2 Å². The zero-order valence-corrected chi connectivity index (χ0v) is 27.9. The van der Waals surface area contributed by atoms with E-state index < -0.39 is 9.84 Å². The average molecular weight is 667 g/mol. The van der Waals surface area contributed by atoms with Crippen LogP contribution in [0.25, 0.3) is 16.7 Å². The Kier molecular flexibility index (Phi) is 10.6. The minimum Gasteiger partial charge on any atom is -0.493 e. The number of aromatic nitrogens is 3. The number of fused-ring (bicyclic) bond motifs is 1. The lowest BCUT2D eigenvalue weighted by Gasteiger charge is -2.34. The summed E-state index contributed by atoms with van der Waals surface area (Å²) < 4.78 is 36.5. The van der Waals surface area contributed by atoms with Crippen molar-refractivity contribution >= 4 is 38.6 Å². The van der Waals surface area contributed by atoms with E-state index >= 15 is 0 Å². The number of nitrogens with one attached hydrogen (secondary N) is 2. The van der Waals surface area contributed by atoms with E-state index in [0.29, 0.717) is 63.0 Å². The van der Waals surface area contributed by atoms with Gasteiger partial charge in [-0.2, -0.15) is 4.98 Å². The van der Waals surface area contributed by atoms with E-state index in [4.69, 9.17) is 14.5 Å². The standard InChI is InChI=1S/C34H46N6O6S/c1-47(43,44)22-4-21-45-30-7-2-6-29-27(30)15-20-40(29)31-12-17-36-34(38-31)37-25-10-8-24(9-11-25)23-32(41)39-18-13-26(14-19-39)46-33(42)28-5-3-16-35-28/h2,6-7,12,15,17,20,24-26,28,35H,3-5,8-11,13-14,16,18-19,21-23H2,1H3,(H,36,37,38)/t24?,25?,28-/m0/s1. The molecule has 3 fully saturated rings. The summed E-state index contributed by atoms with van der Waals surface area (Å²) in [4.78, 5) is 36.6. The first-order valence-corrected chi connectivity index (χ1v) is 19.0. The summed E-state index contributed by atoms with van der Waals surface area (Å²) >= 11 is 0. The number of benzene rings is 1. The normalized spacial score (nSPS) is 22.3. The maximum absolute atomic E-state index is 13.1. The van der Waals surface area contributed by atoms with Gasteiger partial charge >= 0.3 is 5.97 Å². The van der Waals surface area contributed by atoms with Gasteiger partial charge in [-0.05, 0) is 81.7 Å². The van der Waals surface area contributed by atoms with Gasteiger partial charge in [-0.1, -0.05) is 6.07 Å². The summed E-state index contributed by atoms with van der Waals surface area (Å²) in [5.41, 5.74) is 0.937. The average Bonchev–Trinajstić information content (AvgIpc) is 3.76. The third-order valence-corrected chi connectivity index (χ3v) is 10.6. The molecule has 2 aromatic heterocycles. The van der Waals surface area contributed by atoms with Gasteiger partial charge in [0.25, 0.3) is 0 Å². The Hall–Kier alpha value is -3.71. The van der Waals surface area contributed by atoms with E-state index in [2.05, 4.69) is 15.6 Å². The Morgan fingerprint density at radius 1 is 1.04 bits per heavy atom. The number of ether oxygens (including phenoxy) is 2. The monoisotopic (exact) mass is 666 g/mol. The van der Waals surface area contributed by atoms with Crippen molar-refractivity contribution in [3.8, 4) is 11.6 Å². The summed E-state index contributed by atoms with van der Waals surface area (Å²) in [7, 11) is -3.02. The Bertz CT molecular complexity index is 1640. The molecule has 6 rings (SSSR count). The minimum atomic E-state index is -3.02. The Labute approximate surface area is 276 Å². The molecule has 4 heterocycles. The molecule has 1 saturated carbocycles. The van der Waals surface area contributed by atoms with Gasteiger partial charge in [0.05, 0.1) is 17.9 Å². The zero-order valence-electron chi connectivity index (χ0n) is 27.1. The maximum Gasteiger partial charge on any atom is 0.323 e. The van der Waals surface area contributed by atoms with Crippen LogP contribution in [-0.4, -0.2) is 96.2 Å². The number of piperidine rings is 1.